The summed E-state index contributed by atoms with van der Waals surface area (Å²) in [6.07, 6.45) is 0. The van der Waals surface area contributed by atoms with Crippen molar-refractivity contribution in [2.45, 2.75) is 19.9 Å². The van der Waals surface area contributed by atoms with Gasteiger partial charge in [0.2, 0.25) is 0 Å². The lowest BCUT2D eigenvalue weighted by molar-refractivity contribution is 0.397. The van der Waals surface area contributed by atoms with Gasteiger partial charge in [0.05, 0.1) is 12.7 Å². The van der Waals surface area contributed by atoms with Gasteiger partial charge >= 0.3 is 0 Å². The second kappa shape index (κ2) is 5.92. The van der Waals surface area contributed by atoms with Gasteiger partial charge in [0, 0.05) is 12.1 Å². The Hall–Kier alpha value is -2.07. The van der Waals surface area contributed by atoms with E-state index in [0.717, 1.165) is 11.1 Å². The van der Waals surface area contributed by atoms with Gasteiger partial charge in [-0.3, -0.25) is 0 Å². The van der Waals surface area contributed by atoms with Crippen LogP contribution in [0.5, 0.6) is 17.2 Å². The van der Waals surface area contributed by atoms with Gasteiger partial charge in [0.15, 0.2) is 0 Å². The molecule has 0 aliphatic carbocycles. The molecular weight excluding hydrogens is 257 g/mol. The van der Waals surface area contributed by atoms with Crippen molar-refractivity contribution in [2.24, 2.45) is 5.73 Å². The van der Waals surface area contributed by atoms with Crippen LogP contribution in [0.4, 0.5) is 4.39 Å². The minimum Gasteiger partial charge on any atom is -0.496 e. The van der Waals surface area contributed by atoms with Crippen molar-refractivity contribution in [3.8, 4) is 17.2 Å². The third kappa shape index (κ3) is 2.91. The second-order valence-corrected chi connectivity index (χ2v) is 4.67. The van der Waals surface area contributed by atoms with E-state index in [2.05, 4.69) is 0 Å². The summed E-state index contributed by atoms with van der Waals surface area (Å²) in [4.78, 5) is 0. The Bertz CT molecular complexity index is 611. The number of benzene rings is 2. The predicted molar refractivity (Wildman–Crippen MR) is 76.8 cm³/mol. The average molecular weight is 275 g/mol. The van der Waals surface area contributed by atoms with Crippen molar-refractivity contribution in [1.29, 1.82) is 0 Å². The molecule has 0 unspecified atom stereocenters. The summed E-state index contributed by atoms with van der Waals surface area (Å²) >= 11 is 0. The number of aryl methyl sites for hydroxylation is 1. The monoisotopic (exact) mass is 275 g/mol. The maximum absolute atomic E-state index is 13.3. The zero-order valence-corrected chi connectivity index (χ0v) is 11.8. The van der Waals surface area contributed by atoms with E-state index in [1.54, 1.807) is 19.2 Å². The molecule has 0 fully saturated rings. The molecule has 0 radical (unpaired) electrons. The van der Waals surface area contributed by atoms with E-state index in [1.165, 1.54) is 12.1 Å². The van der Waals surface area contributed by atoms with E-state index in [9.17, 15) is 4.39 Å². The van der Waals surface area contributed by atoms with E-state index in [1.807, 2.05) is 26.0 Å². The average Bonchev–Trinajstić information content (AvgIpc) is 2.42. The highest BCUT2D eigenvalue weighted by atomic mass is 19.1. The standard InChI is InChI=1S/C16H18FNO2/c1-10-7-8-12(17)9-15(10)20-14-6-4-5-13(19-3)16(14)11(2)18/h4-9,11H,18H2,1-3H3/t11-/m1/s1. The lowest BCUT2D eigenvalue weighted by atomic mass is 10.1. The van der Waals surface area contributed by atoms with Crippen LogP contribution in [0.25, 0.3) is 0 Å². The highest BCUT2D eigenvalue weighted by Gasteiger charge is 2.15. The molecule has 3 nitrogen and oxygen atoms in total. The first-order valence-electron chi connectivity index (χ1n) is 6.39. The third-order valence-corrected chi connectivity index (χ3v) is 3.07. The van der Waals surface area contributed by atoms with Gasteiger partial charge in [0.1, 0.15) is 23.1 Å². The third-order valence-electron chi connectivity index (χ3n) is 3.07. The second-order valence-electron chi connectivity index (χ2n) is 4.67. The van der Waals surface area contributed by atoms with Gasteiger partial charge < -0.3 is 15.2 Å². The van der Waals surface area contributed by atoms with Crippen molar-refractivity contribution >= 4 is 0 Å². The lowest BCUT2D eigenvalue weighted by Gasteiger charge is -2.18. The Morgan fingerprint density at radius 1 is 1.10 bits per heavy atom. The summed E-state index contributed by atoms with van der Waals surface area (Å²) in [5, 5.41) is 0. The molecule has 2 N–H and O–H groups in total. The summed E-state index contributed by atoms with van der Waals surface area (Å²) in [7, 11) is 1.58. The van der Waals surface area contributed by atoms with Crippen LogP contribution in [0.1, 0.15) is 24.1 Å². The fourth-order valence-corrected chi connectivity index (χ4v) is 2.04. The SMILES string of the molecule is COc1cccc(Oc2cc(F)ccc2C)c1[C@@H](C)N. The molecule has 106 valence electrons. The molecule has 0 saturated carbocycles. The molecule has 0 aromatic heterocycles. The molecule has 2 aromatic carbocycles. The molecule has 2 rings (SSSR count). The fourth-order valence-electron chi connectivity index (χ4n) is 2.04. The van der Waals surface area contributed by atoms with Crippen LogP contribution in [0.15, 0.2) is 36.4 Å². The molecule has 2 aromatic rings. The molecule has 0 spiro atoms. The maximum atomic E-state index is 13.3. The van der Waals surface area contributed by atoms with Crippen molar-refractivity contribution in [3.63, 3.8) is 0 Å². The van der Waals surface area contributed by atoms with Gasteiger partial charge in [0.25, 0.3) is 0 Å². The van der Waals surface area contributed by atoms with Gasteiger partial charge in [-0.05, 0) is 37.6 Å². The van der Waals surface area contributed by atoms with Crippen LogP contribution in [-0.2, 0) is 0 Å². The number of hydrogen-bond donors (Lipinski definition) is 1. The van der Waals surface area contributed by atoms with Gasteiger partial charge in [-0.2, -0.15) is 0 Å². The number of rotatable bonds is 4. The summed E-state index contributed by atoms with van der Waals surface area (Å²) in [5.41, 5.74) is 7.59. The largest absolute Gasteiger partial charge is 0.496 e. The molecule has 0 aliphatic rings. The van der Waals surface area contributed by atoms with E-state index in [-0.39, 0.29) is 11.9 Å². The maximum Gasteiger partial charge on any atom is 0.135 e. The van der Waals surface area contributed by atoms with Gasteiger partial charge in [-0.1, -0.05) is 12.1 Å². The zero-order valence-electron chi connectivity index (χ0n) is 11.8. The predicted octanol–water partition coefficient (Wildman–Crippen LogP) is 3.95. The molecule has 0 saturated heterocycles. The van der Waals surface area contributed by atoms with E-state index in [0.29, 0.717) is 17.2 Å². The Morgan fingerprint density at radius 2 is 1.80 bits per heavy atom. The minimum absolute atomic E-state index is 0.255. The number of methoxy groups -OCH3 is 1. The first kappa shape index (κ1) is 14.3. The number of hydrogen-bond acceptors (Lipinski definition) is 3. The van der Waals surface area contributed by atoms with Crippen molar-refractivity contribution < 1.29 is 13.9 Å². The molecular formula is C16H18FNO2. The molecule has 0 heterocycles. The van der Waals surface area contributed by atoms with Crippen molar-refractivity contribution in [1.82, 2.24) is 0 Å². The smallest absolute Gasteiger partial charge is 0.135 e. The van der Waals surface area contributed by atoms with Crippen molar-refractivity contribution in [3.05, 3.63) is 53.3 Å². The highest BCUT2D eigenvalue weighted by Crippen LogP contribution is 2.36. The Kier molecular flexibility index (Phi) is 4.25. The fraction of sp³-hybridized carbons (Fsp3) is 0.250. The van der Waals surface area contributed by atoms with Gasteiger partial charge in [-0.25, -0.2) is 4.39 Å². The zero-order chi connectivity index (χ0) is 14.7. The van der Waals surface area contributed by atoms with Crippen LogP contribution in [0, 0.1) is 12.7 Å². The molecule has 1 atom stereocenters. The number of nitrogens with two attached hydrogens (primary N) is 1. The molecule has 4 heteroatoms. The van der Waals surface area contributed by atoms with E-state index < -0.39 is 0 Å². The van der Waals surface area contributed by atoms with E-state index in [4.69, 9.17) is 15.2 Å². The Morgan fingerprint density at radius 3 is 2.45 bits per heavy atom. The van der Waals surface area contributed by atoms with Crippen LogP contribution in [0.3, 0.4) is 0 Å². The minimum atomic E-state index is -0.337. The summed E-state index contributed by atoms with van der Waals surface area (Å²) in [6.45, 7) is 3.71. The summed E-state index contributed by atoms with van der Waals surface area (Å²) in [6, 6.07) is 9.62. The van der Waals surface area contributed by atoms with Gasteiger partial charge in [-0.15, -0.1) is 0 Å². The van der Waals surface area contributed by atoms with Crippen LogP contribution in [0.2, 0.25) is 0 Å². The quantitative estimate of drug-likeness (QED) is 0.918. The first-order chi connectivity index (χ1) is 9.52. The Balaban J connectivity index is 2.45. The molecule has 0 amide bonds. The number of halogens is 1. The molecule has 0 bridgehead atoms. The Labute approximate surface area is 118 Å². The van der Waals surface area contributed by atoms with Crippen LogP contribution in [-0.4, -0.2) is 7.11 Å². The highest BCUT2D eigenvalue weighted by molar-refractivity contribution is 5.49. The summed E-state index contributed by atoms with van der Waals surface area (Å²) in [5.74, 6) is 1.37. The van der Waals surface area contributed by atoms with Crippen molar-refractivity contribution in [2.75, 3.05) is 7.11 Å². The first-order valence-corrected chi connectivity index (χ1v) is 6.39. The topological polar surface area (TPSA) is 44.5 Å². The summed E-state index contributed by atoms with van der Waals surface area (Å²) < 4.78 is 24.5. The molecule has 20 heavy (non-hydrogen) atoms. The lowest BCUT2D eigenvalue weighted by Crippen LogP contribution is -2.09. The van der Waals surface area contributed by atoms with Crippen LogP contribution < -0.4 is 15.2 Å². The van der Waals surface area contributed by atoms with E-state index >= 15 is 0 Å². The van der Waals surface area contributed by atoms with Crippen LogP contribution >= 0.6 is 0 Å². The number of ether oxygens (including phenoxy) is 2. The normalized spacial score (nSPS) is 12.1. The molecule has 0 aliphatic heterocycles.